The molecule has 0 fully saturated rings. The molecule has 0 aliphatic heterocycles. The molecule has 0 atom stereocenters. The van der Waals surface area contributed by atoms with Crippen molar-refractivity contribution >= 4 is 16.8 Å². The van der Waals surface area contributed by atoms with Crippen LogP contribution in [0.3, 0.4) is 0 Å². The van der Waals surface area contributed by atoms with E-state index in [4.69, 9.17) is 4.74 Å². The third-order valence-electron chi connectivity index (χ3n) is 6.10. The summed E-state index contributed by atoms with van der Waals surface area (Å²) in [5.74, 6) is -1.34. The Bertz CT molecular complexity index is 1350. The maximum atomic E-state index is 13.7. The first-order valence-electron chi connectivity index (χ1n) is 12.3. The van der Waals surface area contributed by atoms with Gasteiger partial charge in [0, 0.05) is 29.9 Å². The Labute approximate surface area is 210 Å². The van der Waals surface area contributed by atoms with Crippen LogP contribution in [0.25, 0.3) is 10.9 Å². The molecule has 0 aliphatic rings. The monoisotopic (exact) mass is 491 g/mol. The zero-order chi connectivity index (χ0) is 25.7. The molecule has 0 saturated carbocycles. The summed E-state index contributed by atoms with van der Waals surface area (Å²) in [5, 5.41) is 3.70. The normalized spacial score (nSPS) is 11.3. The molecule has 2 aromatic heterocycles. The number of carbonyl (C=O) groups is 1. The number of benzene rings is 2. The number of amides is 1. The Hall–Kier alpha value is -3.74. The van der Waals surface area contributed by atoms with E-state index in [0.29, 0.717) is 24.3 Å². The van der Waals surface area contributed by atoms with Crippen molar-refractivity contribution in [1.82, 2.24) is 14.9 Å². The molecular formula is C29H31F2N3O2. The highest BCUT2D eigenvalue weighted by Gasteiger charge is 2.25. The molecule has 7 heteroatoms. The second kappa shape index (κ2) is 11.3. The number of hydrogen-bond donors (Lipinski definition) is 1. The van der Waals surface area contributed by atoms with Gasteiger partial charge in [0.25, 0.3) is 5.91 Å². The molecule has 0 saturated heterocycles. The van der Waals surface area contributed by atoms with Gasteiger partial charge in [-0.3, -0.25) is 9.78 Å². The van der Waals surface area contributed by atoms with Crippen LogP contribution in [-0.2, 0) is 13.1 Å². The van der Waals surface area contributed by atoms with E-state index < -0.39 is 11.6 Å². The standard InChI is InChI=1S/C29H31F2N3O2/c1-4-5-14-36-22-10-11-23-26(16-22)34(18-21-8-6-7-13-32-21)28(19(2)3)27(23)29(35)33-17-20-9-12-24(30)25(31)15-20/h6-13,15-16,19H,4-5,14,17-18H2,1-3H3,(H,33,35). The SMILES string of the molecule is CCCCOc1ccc2c(C(=O)NCc3ccc(F)c(F)c3)c(C(C)C)n(Cc3ccccn3)c2c1. The maximum Gasteiger partial charge on any atom is 0.254 e. The summed E-state index contributed by atoms with van der Waals surface area (Å²) >= 11 is 0. The molecule has 0 spiro atoms. The number of aromatic nitrogens is 2. The smallest absolute Gasteiger partial charge is 0.254 e. The van der Waals surface area contributed by atoms with Gasteiger partial charge in [0.05, 0.1) is 29.9 Å². The molecule has 1 amide bonds. The molecule has 36 heavy (non-hydrogen) atoms. The lowest BCUT2D eigenvalue weighted by atomic mass is 10.0. The summed E-state index contributed by atoms with van der Waals surface area (Å²) in [5.41, 5.74) is 3.69. The van der Waals surface area contributed by atoms with Gasteiger partial charge in [-0.15, -0.1) is 0 Å². The number of rotatable bonds is 10. The third kappa shape index (κ3) is 5.56. The van der Waals surface area contributed by atoms with Crippen molar-refractivity contribution in [2.24, 2.45) is 0 Å². The van der Waals surface area contributed by atoms with Gasteiger partial charge in [0.1, 0.15) is 5.75 Å². The van der Waals surface area contributed by atoms with E-state index in [1.165, 1.54) is 6.07 Å². The predicted octanol–water partition coefficient (Wildman–Crippen LogP) is 6.60. The van der Waals surface area contributed by atoms with Crippen LogP contribution < -0.4 is 10.1 Å². The predicted molar refractivity (Wildman–Crippen MR) is 137 cm³/mol. The second-order valence-electron chi connectivity index (χ2n) is 9.13. The van der Waals surface area contributed by atoms with Crippen LogP contribution in [0.4, 0.5) is 8.78 Å². The van der Waals surface area contributed by atoms with Crippen molar-refractivity contribution in [2.45, 2.75) is 52.6 Å². The van der Waals surface area contributed by atoms with Gasteiger partial charge in [0.2, 0.25) is 0 Å². The summed E-state index contributed by atoms with van der Waals surface area (Å²) in [4.78, 5) is 18.0. The molecule has 0 aliphatic carbocycles. The first kappa shape index (κ1) is 25.4. The Morgan fingerprint density at radius 2 is 1.92 bits per heavy atom. The Balaban J connectivity index is 1.75. The molecule has 188 valence electrons. The molecule has 5 nitrogen and oxygen atoms in total. The molecule has 0 unspecified atom stereocenters. The van der Waals surface area contributed by atoms with Gasteiger partial charge in [-0.2, -0.15) is 0 Å². The lowest BCUT2D eigenvalue weighted by Gasteiger charge is -2.15. The van der Waals surface area contributed by atoms with Gasteiger partial charge in [-0.25, -0.2) is 8.78 Å². The van der Waals surface area contributed by atoms with Crippen molar-refractivity contribution in [3.8, 4) is 5.75 Å². The average molecular weight is 492 g/mol. The number of hydrogen-bond acceptors (Lipinski definition) is 3. The maximum absolute atomic E-state index is 13.7. The number of unbranched alkanes of at least 4 members (excludes halogenated alkanes) is 1. The van der Waals surface area contributed by atoms with Crippen LogP contribution >= 0.6 is 0 Å². The summed E-state index contributed by atoms with van der Waals surface area (Å²) in [7, 11) is 0. The van der Waals surface area contributed by atoms with Gasteiger partial charge < -0.3 is 14.6 Å². The molecule has 4 aromatic rings. The van der Waals surface area contributed by atoms with Crippen molar-refractivity contribution in [3.05, 3.63) is 94.9 Å². The quantitative estimate of drug-likeness (QED) is 0.255. The lowest BCUT2D eigenvalue weighted by molar-refractivity contribution is 0.0951. The fourth-order valence-corrected chi connectivity index (χ4v) is 4.36. The van der Waals surface area contributed by atoms with E-state index in [-0.39, 0.29) is 18.4 Å². The van der Waals surface area contributed by atoms with Gasteiger partial charge >= 0.3 is 0 Å². The largest absolute Gasteiger partial charge is 0.494 e. The lowest BCUT2D eigenvalue weighted by Crippen LogP contribution is -2.24. The Morgan fingerprint density at radius 3 is 2.61 bits per heavy atom. The average Bonchev–Trinajstić information content (AvgIpc) is 3.19. The zero-order valence-electron chi connectivity index (χ0n) is 20.9. The van der Waals surface area contributed by atoms with E-state index in [1.807, 2.05) is 50.2 Å². The van der Waals surface area contributed by atoms with E-state index in [0.717, 1.165) is 53.0 Å². The second-order valence-corrected chi connectivity index (χ2v) is 9.13. The first-order valence-corrected chi connectivity index (χ1v) is 12.3. The number of fused-ring (bicyclic) bond motifs is 1. The molecule has 1 N–H and O–H groups in total. The van der Waals surface area contributed by atoms with E-state index in [9.17, 15) is 13.6 Å². The van der Waals surface area contributed by atoms with Crippen molar-refractivity contribution in [3.63, 3.8) is 0 Å². The topological polar surface area (TPSA) is 56.1 Å². The summed E-state index contributed by atoms with van der Waals surface area (Å²) < 4.78 is 35.1. The van der Waals surface area contributed by atoms with Gasteiger partial charge in [-0.1, -0.05) is 39.3 Å². The number of nitrogens with one attached hydrogen (secondary N) is 1. The summed E-state index contributed by atoms with van der Waals surface area (Å²) in [6.07, 6.45) is 3.75. The van der Waals surface area contributed by atoms with Crippen LogP contribution in [0.5, 0.6) is 5.75 Å². The highest BCUT2D eigenvalue weighted by Crippen LogP contribution is 2.34. The Kier molecular flexibility index (Phi) is 7.98. The molecule has 2 heterocycles. The van der Waals surface area contributed by atoms with Gasteiger partial charge in [-0.05, 0) is 54.3 Å². The van der Waals surface area contributed by atoms with Crippen LogP contribution in [0.15, 0.2) is 60.8 Å². The molecular weight excluding hydrogens is 460 g/mol. The van der Waals surface area contributed by atoms with Crippen molar-refractivity contribution in [2.75, 3.05) is 6.61 Å². The van der Waals surface area contributed by atoms with Crippen molar-refractivity contribution in [1.29, 1.82) is 0 Å². The highest BCUT2D eigenvalue weighted by atomic mass is 19.2. The molecule has 0 radical (unpaired) electrons. The number of ether oxygens (including phenoxy) is 1. The molecule has 4 rings (SSSR count). The number of halogens is 2. The third-order valence-corrected chi connectivity index (χ3v) is 6.10. The fourth-order valence-electron chi connectivity index (χ4n) is 4.36. The highest BCUT2D eigenvalue weighted by molar-refractivity contribution is 6.09. The molecule has 0 bridgehead atoms. The minimum atomic E-state index is -0.938. The number of carbonyl (C=O) groups excluding carboxylic acids is 1. The van der Waals surface area contributed by atoms with Gasteiger partial charge in [0.15, 0.2) is 11.6 Å². The zero-order valence-corrected chi connectivity index (χ0v) is 20.9. The van der Waals surface area contributed by atoms with Crippen molar-refractivity contribution < 1.29 is 18.3 Å². The minimum Gasteiger partial charge on any atom is -0.494 e. The molecule has 2 aromatic carbocycles. The van der Waals surface area contributed by atoms with Crippen LogP contribution in [0, 0.1) is 11.6 Å². The van der Waals surface area contributed by atoms with E-state index in [1.54, 1.807) is 6.20 Å². The summed E-state index contributed by atoms with van der Waals surface area (Å²) in [6, 6.07) is 15.2. The van der Waals surface area contributed by atoms with E-state index in [2.05, 4.69) is 21.8 Å². The Morgan fingerprint density at radius 1 is 1.08 bits per heavy atom. The van der Waals surface area contributed by atoms with E-state index >= 15 is 0 Å². The first-order chi connectivity index (χ1) is 17.4. The van der Waals surface area contributed by atoms with Crippen LogP contribution in [0.2, 0.25) is 0 Å². The minimum absolute atomic E-state index is 0.0367. The summed E-state index contributed by atoms with van der Waals surface area (Å²) in [6.45, 7) is 7.42. The fraction of sp³-hybridized carbons (Fsp3) is 0.310. The number of pyridine rings is 1. The van der Waals surface area contributed by atoms with Crippen LogP contribution in [-0.4, -0.2) is 22.1 Å². The van der Waals surface area contributed by atoms with Crippen LogP contribution in [0.1, 0.15) is 66.8 Å². The number of nitrogens with zero attached hydrogens (tertiary/aromatic N) is 2.